The number of nitrogens with one attached hydrogen (secondary N) is 2. The summed E-state index contributed by atoms with van der Waals surface area (Å²) in [5.41, 5.74) is 4.35. The zero-order valence-corrected chi connectivity index (χ0v) is 19.7. The molecule has 1 saturated heterocycles. The monoisotopic (exact) mass is 468 g/mol. The molecule has 0 saturated carbocycles. The standard InChI is InChI=1S/C27H28N6S/c34-27-31-25(23-13-5-7-16-30-23)26(33(27)19-9-17-28-21-10-2-1-3-11-21)24-14-8-18-32(24)20-22-12-4-6-15-29-22/h1-8,10-16,18,25-26,28H,9,17,19-20H2,(H,31,34)/t25-,26+/m0/s1. The van der Waals surface area contributed by atoms with Crippen LogP contribution in [0.1, 0.15) is 35.6 Å². The Morgan fingerprint density at radius 3 is 2.44 bits per heavy atom. The van der Waals surface area contributed by atoms with Gasteiger partial charge in [0.2, 0.25) is 0 Å². The summed E-state index contributed by atoms with van der Waals surface area (Å²) in [5, 5.41) is 7.83. The first-order chi connectivity index (χ1) is 16.8. The number of rotatable bonds is 9. The minimum absolute atomic E-state index is 0.0202. The van der Waals surface area contributed by atoms with Gasteiger partial charge in [0.15, 0.2) is 5.11 Å². The van der Waals surface area contributed by atoms with Crippen LogP contribution in [0.5, 0.6) is 0 Å². The van der Waals surface area contributed by atoms with Crippen molar-refractivity contribution in [2.24, 2.45) is 0 Å². The minimum Gasteiger partial charge on any atom is -0.385 e. The fraction of sp³-hybridized carbons (Fsp3) is 0.222. The average molecular weight is 469 g/mol. The average Bonchev–Trinajstić information content (AvgIpc) is 3.47. The summed E-state index contributed by atoms with van der Waals surface area (Å²) < 4.78 is 2.27. The van der Waals surface area contributed by atoms with Gasteiger partial charge in [0.1, 0.15) is 0 Å². The van der Waals surface area contributed by atoms with Crippen molar-refractivity contribution in [3.05, 3.63) is 115 Å². The second-order valence-electron chi connectivity index (χ2n) is 8.35. The van der Waals surface area contributed by atoms with E-state index in [0.29, 0.717) is 6.54 Å². The smallest absolute Gasteiger partial charge is 0.170 e. The molecule has 0 radical (unpaired) electrons. The van der Waals surface area contributed by atoms with Crippen LogP contribution in [0.25, 0.3) is 0 Å². The molecule has 0 spiro atoms. The molecule has 4 heterocycles. The first kappa shape index (κ1) is 22.1. The Bertz CT molecular complexity index is 1200. The van der Waals surface area contributed by atoms with E-state index in [9.17, 15) is 0 Å². The van der Waals surface area contributed by atoms with E-state index in [1.807, 2.05) is 54.9 Å². The van der Waals surface area contributed by atoms with E-state index in [-0.39, 0.29) is 12.1 Å². The number of hydrogen-bond donors (Lipinski definition) is 2. The largest absolute Gasteiger partial charge is 0.385 e. The summed E-state index contributed by atoms with van der Waals surface area (Å²) in [6, 6.07) is 26.7. The third kappa shape index (κ3) is 4.94. The normalized spacial score (nSPS) is 17.5. The molecule has 0 unspecified atom stereocenters. The Kier molecular flexibility index (Phi) is 6.81. The van der Waals surface area contributed by atoms with Crippen LogP contribution in [0.15, 0.2) is 97.5 Å². The highest BCUT2D eigenvalue weighted by atomic mass is 32.1. The number of benzene rings is 1. The first-order valence-corrected chi connectivity index (χ1v) is 12.0. The lowest BCUT2D eigenvalue weighted by Crippen LogP contribution is -2.32. The zero-order valence-electron chi connectivity index (χ0n) is 18.9. The van der Waals surface area contributed by atoms with Gasteiger partial charge in [-0.2, -0.15) is 0 Å². The van der Waals surface area contributed by atoms with Gasteiger partial charge in [-0.15, -0.1) is 0 Å². The third-order valence-electron chi connectivity index (χ3n) is 6.10. The molecular formula is C27H28N6S. The van der Waals surface area contributed by atoms with Crippen LogP contribution in [0.4, 0.5) is 5.69 Å². The van der Waals surface area contributed by atoms with Gasteiger partial charge in [0.05, 0.1) is 30.0 Å². The Labute approximate surface area is 205 Å². The fourth-order valence-electron chi connectivity index (χ4n) is 4.51. The Morgan fingerprint density at radius 1 is 0.882 bits per heavy atom. The summed E-state index contributed by atoms with van der Waals surface area (Å²) in [5.74, 6) is 0. The van der Waals surface area contributed by atoms with E-state index in [1.54, 1.807) is 0 Å². The maximum atomic E-state index is 5.83. The highest BCUT2D eigenvalue weighted by molar-refractivity contribution is 7.80. The molecule has 0 bridgehead atoms. The van der Waals surface area contributed by atoms with E-state index in [0.717, 1.165) is 41.7 Å². The first-order valence-electron chi connectivity index (χ1n) is 11.6. The lowest BCUT2D eigenvalue weighted by atomic mass is 10.0. The number of thiocarbonyl (C=S) groups is 1. The van der Waals surface area contributed by atoms with E-state index in [2.05, 4.69) is 72.7 Å². The van der Waals surface area contributed by atoms with Crippen LogP contribution in [-0.2, 0) is 6.54 Å². The van der Waals surface area contributed by atoms with Crippen molar-refractivity contribution >= 4 is 23.0 Å². The van der Waals surface area contributed by atoms with Crippen molar-refractivity contribution in [1.29, 1.82) is 0 Å². The lowest BCUT2D eigenvalue weighted by molar-refractivity contribution is 0.303. The number of pyridine rings is 2. The minimum atomic E-state index is -0.0202. The van der Waals surface area contributed by atoms with Crippen molar-refractivity contribution < 1.29 is 0 Å². The number of anilines is 1. The van der Waals surface area contributed by atoms with Crippen molar-refractivity contribution in [1.82, 2.24) is 24.8 Å². The molecule has 1 fully saturated rings. The van der Waals surface area contributed by atoms with Crippen molar-refractivity contribution in [3.63, 3.8) is 0 Å². The van der Waals surface area contributed by atoms with E-state index >= 15 is 0 Å². The van der Waals surface area contributed by atoms with Crippen molar-refractivity contribution in [3.8, 4) is 0 Å². The van der Waals surface area contributed by atoms with E-state index in [1.165, 1.54) is 5.69 Å². The van der Waals surface area contributed by atoms with Crippen molar-refractivity contribution in [2.45, 2.75) is 25.0 Å². The topological polar surface area (TPSA) is 58.0 Å². The Hall–Kier alpha value is -3.71. The van der Waals surface area contributed by atoms with Crippen molar-refractivity contribution in [2.75, 3.05) is 18.4 Å². The summed E-state index contributed by atoms with van der Waals surface area (Å²) >= 11 is 5.83. The number of hydrogen-bond acceptors (Lipinski definition) is 4. The molecule has 6 nitrogen and oxygen atoms in total. The molecule has 5 rings (SSSR count). The number of nitrogens with zero attached hydrogens (tertiary/aromatic N) is 4. The predicted molar refractivity (Wildman–Crippen MR) is 139 cm³/mol. The maximum absolute atomic E-state index is 5.83. The predicted octanol–water partition coefficient (Wildman–Crippen LogP) is 4.80. The quantitative estimate of drug-likeness (QED) is 0.272. The molecule has 4 aromatic rings. The van der Waals surface area contributed by atoms with Crippen LogP contribution in [0, 0.1) is 0 Å². The summed E-state index contributed by atoms with van der Waals surface area (Å²) in [7, 11) is 0. The van der Waals surface area contributed by atoms with Gasteiger partial charge < -0.3 is 20.1 Å². The summed E-state index contributed by atoms with van der Waals surface area (Å²) in [4.78, 5) is 11.5. The molecule has 1 aliphatic heterocycles. The Balaban J connectivity index is 1.38. The van der Waals surface area contributed by atoms with Crippen LogP contribution in [0.3, 0.4) is 0 Å². The Morgan fingerprint density at radius 2 is 1.68 bits per heavy atom. The molecule has 0 aliphatic carbocycles. The fourth-order valence-corrected chi connectivity index (χ4v) is 4.84. The van der Waals surface area contributed by atoms with Gasteiger partial charge in [0, 0.05) is 43.1 Å². The van der Waals surface area contributed by atoms with E-state index in [4.69, 9.17) is 12.2 Å². The summed E-state index contributed by atoms with van der Waals surface area (Å²) in [6.07, 6.45) is 6.77. The molecule has 1 aromatic carbocycles. The molecule has 3 aromatic heterocycles. The second-order valence-corrected chi connectivity index (χ2v) is 8.74. The van der Waals surface area contributed by atoms with Gasteiger partial charge in [0.25, 0.3) is 0 Å². The van der Waals surface area contributed by atoms with Gasteiger partial charge in [-0.25, -0.2) is 0 Å². The highest BCUT2D eigenvalue weighted by Gasteiger charge is 2.40. The lowest BCUT2D eigenvalue weighted by Gasteiger charge is -2.29. The van der Waals surface area contributed by atoms with Crippen LogP contribution < -0.4 is 10.6 Å². The summed E-state index contributed by atoms with van der Waals surface area (Å²) in [6.45, 7) is 2.43. The molecule has 0 amide bonds. The highest BCUT2D eigenvalue weighted by Crippen LogP contribution is 2.38. The van der Waals surface area contributed by atoms with Gasteiger partial charge in [-0.3, -0.25) is 9.97 Å². The number of para-hydroxylation sites is 1. The van der Waals surface area contributed by atoms with Crippen LogP contribution in [0.2, 0.25) is 0 Å². The molecule has 7 heteroatoms. The molecule has 34 heavy (non-hydrogen) atoms. The SMILES string of the molecule is S=C1N[C@@H](c2ccccn2)[C@@H](c2cccn2Cc2ccccn2)N1CCCNc1ccccc1. The molecule has 2 atom stereocenters. The third-order valence-corrected chi connectivity index (χ3v) is 6.46. The molecular weight excluding hydrogens is 440 g/mol. The second kappa shape index (κ2) is 10.5. The van der Waals surface area contributed by atoms with E-state index < -0.39 is 0 Å². The van der Waals surface area contributed by atoms with Gasteiger partial charge in [-0.05, 0) is 67.2 Å². The molecule has 2 N–H and O–H groups in total. The van der Waals surface area contributed by atoms with Crippen LogP contribution >= 0.6 is 12.2 Å². The van der Waals surface area contributed by atoms with Gasteiger partial charge >= 0.3 is 0 Å². The molecule has 172 valence electrons. The number of aromatic nitrogens is 3. The zero-order chi connectivity index (χ0) is 23.2. The molecule has 1 aliphatic rings. The van der Waals surface area contributed by atoms with Crippen LogP contribution in [-0.4, -0.2) is 37.6 Å². The van der Waals surface area contributed by atoms with Gasteiger partial charge in [-0.1, -0.05) is 30.3 Å². The maximum Gasteiger partial charge on any atom is 0.170 e.